The van der Waals surface area contributed by atoms with Gasteiger partial charge >= 0.3 is 0 Å². The van der Waals surface area contributed by atoms with Gasteiger partial charge in [0, 0.05) is 11.7 Å². The molecule has 1 fully saturated rings. The summed E-state index contributed by atoms with van der Waals surface area (Å²) >= 11 is 0. The van der Waals surface area contributed by atoms with Gasteiger partial charge in [-0.3, -0.25) is 9.59 Å². The van der Waals surface area contributed by atoms with Gasteiger partial charge in [0.1, 0.15) is 5.41 Å². The first-order valence-electron chi connectivity index (χ1n) is 8.95. The minimum Gasteiger partial charge on any atom is -0.352 e. The van der Waals surface area contributed by atoms with E-state index in [9.17, 15) is 9.59 Å². The summed E-state index contributed by atoms with van der Waals surface area (Å²) in [7, 11) is 0. The predicted molar refractivity (Wildman–Crippen MR) is 98.1 cm³/mol. The Hall–Kier alpha value is -1.84. The third-order valence-electron chi connectivity index (χ3n) is 4.99. The fourth-order valence-electron chi connectivity index (χ4n) is 3.15. The second-order valence-electron chi connectivity index (χ2n) is 7.73. The summed E-state index contributed by atoms with van der Waals surface area (Å²) in [4.78, 5) is 25.4. The van der Waals surface area contributed by atoms with Crippen molar-refractivity contribution in [1.82, 2.24) is 5.32 Å². The van der Waals surface area contributed by atoms with Crippen molar-refractivity contribution in [2.75, 3.05) is 5.32 Å². The number of carbonyl (C=O) groups is 2. The van der Waals surface area contributed by atoms with Gasteiger partial charge in [-0.2, -0.15) is 0 Å². The summed E-state index contributed by atoms with van der Waals surface area (Å²) in [6.45, 7) is 9.57. The normalized spacial score (nSPS) is 15.6. The van der Waals surface area contributed by atoms with Gasteiger partial charge in [0.15, 0.2) is 0 Å². The molecule has 1 aromatic rings. The van der Waals surface area contributed by atoms with Crippen LogP contribution < -0.4 is 10.6 Å². The Bertz CT molecular complexity index is 614. The Kier molecular flexibility index (Phi) is 5.68. The molecule has 0 saturated heterocycles. The summed E-state index contributed by atoms with van der Waals surface area (Å²) in [6, 6.07) is 6.22. The number of hydrogen-bond acceptors (Lipinski definition) is 2. The quantitative estimate of drug-likeness (QED) is 0.797. The lowest BCUT2D eigenvalue weighted by Crippen LogP contribution is -2.48. The van der Waals surface area contributed by atoms with Gasteiger partial charge in [-0.1, -0.05) is 44.9 Å². The molecular weight excluding hydrogens is 300 g/mol. The topological polar surface area (TPSA) is 58.2 Å². The Labute approximate surface area is 145 Å². The van der Waals surface area contributed by atoms with Crippen molar-refractivity contribution in [2.45, 2.75) is 72.3 Å². The minimum absolute atomic E-state index is 0.188. The van der Waals surface area contributed by atoms with Crippen LogP contribution in [0.25, 0.3) is 0 Å². The van der Waals surface area contributed by atoms with Gasteiger partial charge in [0.2, 0.25) is 11.8 Å². The Balaban J connectivity index is 2.14. The van der Waals surface area contributed by atoms with Gasteiger partial charge in [0.25, 0.3) is 0 Å². The number of nitrogens with one attached hydrogen (secondary N) is 2. The monoisotopic (exact) mass is 330 g/mol. The van der Waals surface area contributed by atoms with E-state index in [1.165, 1.54) is 0 Å². The van der Waals surface area contributed by atoms with E-state index in [1.807, 2.05) is 25.1 Å². The Morgan fingerprint density at radius 3 is 2.33 bits per heavy atom. The highest BCUT2D eigenvalue weighted by atomic mass is 16.2. The molecule has 2 N–H and O–H groups in total. The fraction of sp³-hybridized carbons (Fsp3) is 0.600. The lowest BCUT2D eigenvalue weighted by molar-refractivity contribution is -0.138. The molecule has 4 heteroatoms. The van der Waals surface area contributed by atoms with E-state index in [0.717, 1.165) is 42.5 Å². The van der Waals surface area contributed by atoms with E-state index in [1.54, 1.807) is 13.8 Å². The maximum Gasteiger partial charge on any atom is 0.239 e. The maximum atomic E-state index is 12.8. The molecule has 2 amide bonds. The van der Waals surface area contributed by atoms with Gasteiger partial charge in [0.05, 0.1) is 0 Å². The number of benzene rings is 1. The standard InChI is InChI=1S/C20H30N2O2/c1-13(2)16-12-8-9-14(3)17(16)22-19(24)20(4,5)18(23)21-15-10-6-7-11-15/h8-9,12-13,15H,6-7,10-11H2,1-5H3,(H,21,23)(H,22,24). The highest BCUT2D eigenvalue weighted by Crippen LogP contribution is 2.29. The second-order valence-corrected chi connectivity index (χ2v) is 7.73. The summed E-state index contributed by atoms with van der Waals surface area (Å²) in [5.41, 5.74) is 1.84. The first-order valence-corrected chi connectivity index (χ1v) is 8.95. The largest absolute Gasteiger partial charge is 0.352 e. The van der Waals surface area contributed by atoms with E-state index in [-0.39, 0.29) is 17.9 Å². The fourth-order valence-corrected chi connectivity index (χ4v) is 3.15. The van der Waals surface area contributed by atoms with Gasteiger partial charge in [-0.05, 0) is 50.7 Å². The smallest absolute Gasteiger partial charge is 0.239 e. The van der Waals surface area contributed by atoms with E-state index in [2.05, 4.69) is 24.5 Å². The lowest BCUT2D eigenvalue weighted by atomic mass is 9.89. The van der Waals surface area contributed by atoms with Crippen LogP contribution in [0.3, 0.4) is 0 Å². The van der Waals surface area contributed by atoms with Crippen LogP contribution in [0.15, 0.2) is 18.2 Å². The van der Waals surface area contributed by atoms with Crippen molar-refractivity contribution >= 4 is 17.5 Å². The lowest BCUT2D eigenvalue weighted by Gasteiger charge is -2.26. The minimum atomic E-state index is -1.10. The number of hydrogen-bond donors (Lipinski definition) is 2. The third kappa shape index (κ3) is 3.97. The van der Waals surface area contributed by atoms with Crippen LogP contribution in [0.5, 0.6) is 0 Å². The molecule has 1 aromatic carbocycles. The Morgan fingerprint density at radius 2 is 1.75 bits per heavy atom. The number of para-hydroxylation sites is 1. The first-order chi connectivity index (χ1) is 11.2. The van der Waals surface area contributed by atoms with Gasteiger partial charge in [-0.15, -0.1) is 0 Å². The highest BCUT2D eigenvalue weighted by Gasteiger charge is 2.37. The zero-order valence-corrected chi connectivity index (χ0v) is 15.5. The number of rotatable bonds is 5. The second kappa shape index (κ2) is 7.37. The van der Waals surface area contributed by atoms with Crippen molar-refractivity contribution in [3.63, 3.8) is 0 Å². The van der Waals surface area contributed by atoms with Crippen LogP contribution in [-0.4, -0.2) is 17.9 Å². The molecular formula is C20H30N2O2. The molecule has 2 rings (SSSR count). The van der Waals surface area contributed by atoms with Crippen LogP contribution in [-0.2, 0) is 9.59 Å². The molecule has 1 aliphatic rings. The molecule has 0 radical (unpaired) electrons. The van der Waals surface area contributed by atoms with Gasteiger partial charge in [-0.25, -0.2) is 0 Å². The summed E-state index contributed by atoms with van der Waals surface area (Å²) in [6.07, 6.45) is 4.33. The average molecular weight is 330 g/mol. The molecule has 24 heavy (non-hydrogen) atoms. The molecule has 0 spiro atoms. The number of anilines is 1. The molecule has 0 aliphatic heterocycles. The number of aryl methyl sites for hydroxylation is 1. The highest BCUT2D eigenvalue weighted by molar-refractivity contribution is 6.10. The zero-order chi connectivity index (χ0) is 17.9. The van der Waals surface area contributed by atoms with Crippen molar-refractivity contribution < 1.29 is 9.59 Å². The van der Waals surface area contributed by atoms with Crippen LogP contribution in [0.4, 0.5) is 5.69 Å². The third-order valence-corrected chi connectivity index (χ3v) is 4.99. The number of carbonyl (C=O) groups excluding carboxylic acids is 2. The summed E-state index contributed by atoms with van der Waals surface area (Å²) < 4.78 is 0. The van der Waals surface area contributed by atoms with Crippen LogP contribution in [0.1, 0.15) is 70.4 Å². The maximum absolute atomic E-state index is 12.8. The zero-order valence-electron chi connectivity index (χ0n) is 15.5. The Morgan fingerprint density at radius 1 is 1.12 bits per heavy atom. The van der Waals surface area contributed by atoms with Crippen LogP contribution in [0, 0.1) is 12.3 Å². The molecule has 0 unspecified atom stereocenters. The molecule has 132 valence electrons. The van der Waals surface area contributed by atoms with E-state index in [4.69, 9.17) is 0 Å². The average Bonchev–Trinajstić information content (AvgIpc) is 3.01. The van der Waals surface area contributed by atoms with Crippen molar-refractivity contribution in [3.8, 4) is 0 Å². The summed E-state index contributed by atoms with van der Waals surface area (Å²) in [5.74, 6) is -0.142. The van der Waals surface area contributed by atoms with E-state index in [0.29, 0.717) is 5.92 Å². The number of amides is 2. The summed E-state index contributed by atoms with van der Waals surface area (Å²) in [5, 5.41) is 6.04. The van der Waals surface area contributed by atoms with E-state index >= 15 is 0 Å². The predicted octanol–water partition coefficient (Wildman–Crippen LogP) is 4.14. The molecule has 0 atom stereocenters. The van der Waals surface area contributed by atoms with Crippen molar-refractivity contribution in [3.05, 3.63) is 29.3 Å². The molecule has 0 heterocycles. The first kappa shape index (κ1) is 18.5. The van der Waals surface area contributed by atoms with Crippen LogP contribution >= 0.6 is 0 Å². The molecule has 0 bridgehead atoms. The van der Waals surface area contributed by atoms with Crippen LogP contribution in [0.2, 0.25) is 0 Å². The SMILES string of the molecule is Cc1cccc(C(C)C)c1NC(=O)C(C)(C)C(=O)NC1CCCC1. The molecule has 0 aromatic heterocycles. The molecule has 1 aliphatic carbocycles. The van der Waals surface area contributed by atoms with Crippen molar-refractivity contribution in [1.29, 1.82) is 0 Å². The van der Waals surface area contributed by atoms with E-state index < -0.39 is 5.41 Å². The van der Waals surface area contributed by atoms with Gasteiger partial charge < -0.3 is 10.6 Å². The van der Waals surface area contributed by atoms with Crippen molar-refractivity contribution in [2.24, 2.45) is 5.41 Å². The molecule has 1 saturated carbocycles. The molecule has 4 nitrogen and oxygen atoms in total.